The maximum atomic E-state index is 12.4. The van der Waals surface area contributed by atoms with Gasteiger partial charge in [-0.05, 0) is 25.5 Å². The van der Waals surface area contributed by atoms with Crippen molar-refractivity contribution in [2.45, 2.75) is 25.3 Å². The molecule has 2 aromatic rings. The first-order valence-corrected chi connectivity index (χ1v) is 8.77. The number of nitrogens with zero attached hydrogens (tertiary/aromatic N) is 1. The Labute approximate surface area is 166 Å². The van der Waals surface area contributed by atoms with Crippen molar-refractivity contribution in [2.75, 3.05) is 6.54 Å². The lowest BCUT2D eigenvalue weighted by Gasteiger charge is -2.26. The number of nitro benzene ring substituents is 1. The van der Waals surface area contributed by atoms with Crippen LogP contribution in [0.3, 0.4) is 0 Å². The van der Waals surface area contributed by atoms with Gasteiger partial charge in [0.2, 0.25) is 5.91 Å². The number of carbonyl (C=O) groups is 3. The van der Waals surface area contributed by atoms with Crippen molar-refractivity contribution in [3.05, 3.63) is 75.8 Å². The summed E-state index contributed by atoms with van der Waals surface area (Å²) in [7, 11) is 0. The average molecular weight is 399 g/mol. The van der Waals surface area contributed by atoms with Crippen molar-refractivity contribution in [1.82, 2.24) is 10.6 Å². The summed E-state index contributed by atoms with van der Waals surface area (Å²) in [6.07, 6.45) is 0. The second-order valence-corrected chi connectivity index (χ2v) is 6.72. The number of amides is 2. The molecule has 0 radical (unpaired) electrons. The predicted octanol–water partition coefficient (Wildman–Crippen LogP) is 1.87. The van der Waals surface area contributed by atoms with Crippen molar-refractivity contribution in [1.29, 1.82) is 0 Å². The average Bonchev–Trinajstić information content (AvgIpc) is 2.72. The third-order valence-corrected chi connectivity index (χ3v) is 4.56. The summed E-state index contributed by atoms with van der Waals surface area (Å²) in [5.74, 6) is -2.33. The number of hydrogen-bond acceptors (Lipinski definition) is 5. The largest absolute Gasteiger partial charge is 0.481 e. The first kappa shape index (κ1) is 21.5. The summed E-state index contributed by atoms with van der Waals surface area (Å²) < 4.78 is 0. The Morgan fingerprint density at radius 2 is 1.79 bits per heavy atom. The Balaban J connectivity index is 2.03. The van der Waals surface area contributed by atoms with Crippen LogP contribution in [0.15, 0.2) is 54.6 Å². The highest BCUT2D eigenvalue weighted by Crippen LogP contribution is 2.23. The highest BCUT2D eigenvalue weighted by Gasteiger charge is 2.36. The fourth-order valence-corrected chi connectivity index (χ4v) is 2.63. The fourth-order valence-electron chi connectivity index (χ4n) is 2.63. The van der Waals surface area contributed by atoms with Crippen LogP contribution in [0.25, 0.3) is 0 Å². The summed E-state index contributed by atoms with van der Waals surface area (Å²) in [6.45, 7) is 2.75. The number of nitrogens with one attached hydrogen (secondary N) is 2. The molecule has 0 saturated carbocycles. The number of nitro groups is 1. The molecule has 2 unspecified atom stereocenters. The van der Waals surface area contributed by atoms with Gasteiger partial charge in [-0.3, -0.25) is 24.5 Å². The molecule has 0 bridgehead atoms. The monoisotopic (exact) mass is 399 g/mol. The van der Waals surface area contributed by atoms with Crippen LogP contribution in [0.4, 0.5) is 5.69 Å². The van der Waals surface area contributed by atoms with Crippen LogP contribution in [-0.2, 0) is 15.0 Å². The molecule has 0 aromatic heterocycles. The zero-order valence-corrected chi connectivity index (χ0v) is 15.9. The zero-order valence-electron chi connectivity index (χ0n) is 15.9. The third-order valence-electron chi connectivity index (χ3n) is 4.56. The van der Waals surface area contributed by atoms with E-state index < -0.39 is 34.2 Å². The Hall–Kier alpha value is -3.75. The minimum absolute atomic E-state index is 0.0403. The maximum absolute atomic E-state index is 12.4. The van der Waals surface area contributed by atoms with Gasteiger partial charge in [0, 0.05) is 24.2 Å². The molecule has 152 valence electrons. The van der Waals surface area contributed by atoms with Crippen LogP contribution in [0.1, 0.15) is 29.8 Å². The van der Waals surface area contributed by atoms with Crippen LogP contribution in [0.2, 0.25) is 0 Å². The standard InChI is InChI=1S/C20H21N3O6/c1-13(22-18(25)14-7-6-10-16(11-14)23(28)29)17(24)21-12-20(2,19(26)27)15-8-4-3-5-9-15/h3-11,13H,12H2,1-2H3,(H,21,24)(H,22,25)(H,26,27). The molecule has 3 N–H and O–H groups in total. The highest BCUT2D eigenvalue weighted by molar-refractivity contribution is 5.98. The maximum Gasteiger partial charge on any atom is 0.315 e. The second-order valence-electron chi connectivity index (χ2n) is 6.72. The number of carboxylic acids is 1. The molecule has 0 aliphatic heterocycles. The van der Waals surface area contributed by atoms with E-state index in [2.05, 4.69) is 10.6 Å². The van der Waals surface area contributed by atoms with E-state index in [1.54, 1.807) is 30.3 Å². The van der Waals surface area contributed by atoms with E-state index in [-0.39, 0.29) is 17.8 Å². The number of carboxylic acid groups (broad SMARTS) is 1. The van der Waals surface area contributed by atoms with E-state index in [9.17, 15) is 29.6 Å². The van der Waals surface area contributed by atoms with Crippen molar-refractivity contribution in [3.63, 3.8) is 0 Å². The van der Waals surface area contributed by atoms with E-state index in [4.69, 9.17) is 0 Å². The Bertz CT molecular complexity index is 931. The first-order valence-electron chi connectivity index (χ1n) is 8.77. The van der Waals surface area contributed by atoms with E-state index in [0.717, 1.165) is 6.07 Å². The SMILES string of the molecule is CC(NC(=O)c1cccc([N+](=O)[O-])c1)C(=O)NCC(C)(C(=O)O)c1ccccc1. The molecular weight excluding hydrogens is 378 g/mol. The van der Waals surface area contributed by atoms with E-state index in [1.807, 2.05) is 0 Å². The topological polar surface area (TPSA) is 139 Å². The normalized spacial score (nSPS) is 13.6. The van der Waals surface area contributed by atoms with Crippen molar-refractivity contribution in [2.24, 2.45) is 0 Å². The number of aliphatic carboxylic acids is 1. The van der Waals surface area contributed by atoms with Gasteiger partial charge in [-0.25, -0.2) is 0 Å². The van der Waals surface area contributed by atoms with Crippen molar-refractivity contribution >= 4 is 23.5 Å². The molecule has 9 nitrogen and oxygen atoms in total. The lowest BCUT2D eigenvalue weighted by Crippen LogP contribution is -2.50. The number of hydrogen-bond donors (Lipinski definition) is 3. The van der Waals surface area contributed by atoms with Crippen LogP contribution >= 0.6 is 0 Å². The Morgan fingerprint density at radius 3 is 2.38 bits per heavy atom. The van der Waals surface area contributed by atoms with Gasteiger partial charge in [-0.1, -0.05) is 36.4 Å². The zero-order chi connectivity index (χ0) is 21.6. The summed E-state index contributed by atoms with van der Waals surface area (Å²) >= 11 is 0. The van der Waals surface area contributed by atoms with Crippen LogP contribution in [-0.4, -0.2) is 40.4 Å². The number of carbonyl (C=O) groups excluding carboxylic acids is 2. The van der Waals surface area contributed by atoms with E-state index in [0.29, 0.717) is 5.56 Å². The van der Waals surface area contributed by atoms with E-state index >= 15 is 0 Å². The highest BCUT2D eigenvalue weighted by atomic mass is 16.6. The van der Waals surface area contributed by atoms with Crippen LogP contribution in [0.5, 0.6) is 0 Å². The molecule has 0 fully saturated rings. The van der Waals surface area contributed by atoms with Crippen LogP contribution < -0.4 is 10.6 Å². The third kappa shape index (κ3) is 5.16. The first-order chi connectivity index (χ1) is 13.6. The summed E-state index contributed by atoms with van der Waals surface area (Å²) in [5, 5.41) is 25.4. The molecule has 2 rings (SSSR count). The number of rotatable bonds is 8. The van der Waals surface area contributed by atoms with Crippen LogP contribution in [0, 0.1) is 10.1 Å². The minimum Gasteiger partial charge on any atom is -0.481 e. The summed E-state index contributed by atoms with van der Waals surface area (Å²) in [6, 6.07) is 12.6. The molecule has 0 aliphatic carbocycles. The fraction of sp³-hybridized carbons (Fsp3) is 0.250. The minimum atomic E-state index is -1.35. The number of benzene rings is 2. The van der Waals surface area contributed by atoms with Gasteiger partial charge in [-0.15, -0.1) is 0 Å². The van der Waals surface area contributed by atoms with Crippen molar-refractivity contribution in [3.8, 4) is 0 Å². The predicted molar refractivity (Wildman–Crippen MR) is 104 cm³/mol. The van der Waals surface area contributed by atoms with Crippen molar-refractivity contribution < 1.29 is 24.4 Å². The van der Waals surface area contributed by atoms with Gasteiger partial charge in [0.05, 0.1) is 4.92 Å². The molecule has 0 spiro atoms. The van der Waals surface area contributed by atoms with Gasteiger partial charge in [0.25, 0.3) is 11.6 Å². The molecular formula is C20H21N3O6. The van der Waals surface area contributed by atoms with Gasteiger partial charge < -0.3 is 15.7 Å². The summed E-state index contributed by atoms with van der Waals surface area (Å²) in [5.41, 5.74) is -1.02. The lowest BCUT2D eigenvalue weighted by molar-refractivity contribution is -0.384. The molecule has 0 heterocycles. The lowest BCUT2D eigenvalue weighted by atomic mass is 9.82. The van der Waals surface area contributed by atoms with E-state index in [1.165, 1.54) is 32.0 Å². The molecule has 2 aromatic carbocycles. The Kier molecular flexibility index (Phi) is 6.66. The van der Waals surface area contributed by atoms with Gasteiger partial charge in [0.15, 0.2) is 0 Å². The molecule has 0 aliphatic rings. The van der Waals surface area contributed by atoms with Gasteiger partial charge in [0.1, 0.15) is 11.5 Å². The molecule has 0 saturated heterocycles. The molecule has 29 heavy (non-hydrogen) atoms. The molecule has 9 heteroatoms. The molecule has 2 atom stereocenters. The Morgan fingerprint density at radius 1 is 1.14 bits per heavy atom. The molecule has 2 amide bonds. The number of non-ortho nitro benzene ring substituents is 1. The smallest absolute Gasteiger partial charge is 0.315 e. The van der Waals surface area contributed by atoms with Gasteiger partial charge >= 0.3 is 5.97 Å². The second kappa shape index (κ2) is 8.96. The summed E-state index contributed by atoms with van der Waals surface area (Å²) in [4.78, 5) is 46.6. The quantitative estimate of drug-likeness (QED) is 0.457. The van der Waals surface area contributed by atoms with Gasteiger partial charge in [-0.2, -0.15) is 0 Å².